The number of benzene rings is 1. The summed E-state index contributed by atoms with van der Waals surface area (Å²) in [6.45, 7) is 8.11. The van der Waals surface area contributed by atoms with Crippen LogP contribution in [0.3, 0.4) is 0 Å². The fraction of sp³-hybridized carbons (Fsp3) is 0.611. The maximum atomic E-state index is 11.7. The number of esters is 1. The molecule has 22 heavy (non-hydrogen) atoms. The Balaban J connectivity index is 1.91. The van der Waals surface area contributed by atoms with Crippen molar-refractivity contribution < 1.29 is 14.0 Å². The van der Waals surface area contributed by atoms with Crippen LogP contribution in [0.4, 0.5) is 0 Å². The fourth-order valence-corrected chi connectivity index (χ4v) is 2.87. The Morgan fingerprint density at radius 3 is 2.00 bits per heavy atom. The Kier molecular flexibility index (Phi) is 9.09. The zero-order chi connectivity index (χ0) is 16.3. The number of ether oxygens (including phenoxy) is 1. The maximum Gasteiger partial charge on any atom is 0.338 e. The van der Waals surface area contributed by atoms with Crippen LogP contribution >= 0.6 is 0 Å². The van der Waals surface area contributed by atoms with Crippen molar-refractivity contribution in [2.75, 3.05) is 13.2 Å². The topological polar surface area (TPSA) is 35.5 Å². The lowest BCUT2D eigenvalue weighted by Crippen LogP contribution is -2.25. The van der Waals surface area contributed by atoms with Crippen molar-refractivity contribution in [3.05, 3.63) is 35.9 Å². The molecule has 1 aromatic rings. The summed E-state index contributed by atoms with van der Waals surface area (Å²) in [4.78, 5) is 11.7. The van der Waals surface area contributed by atoms with Crippen LogP contribution in [-0.2, 0) is 9.16 Å². The molecule has 0 heterocycles. The van der Waals surface area contributed by atoms with Gasteiger partial charge < -0.3 is 9.16 Å². The summed E-state index contributed by atoms with van der Waals surface area (Å²) in [5.74, 6) is -0.218. The number of carbonyl (C=O) groups excluding carboxylic acids is 1. The van der Waals surface area contributed by atoms with E-state index < -0.39 is 8.32 Å². The molecule has 0 atom stereocenters. The molecule has 0 saturated carbocycles. The van der Waals surface area contributed by atoms with Crippen LogP contribution in [0.15, 0.2) is 30.3 Å². The molecule has 0 fully saturated rings. The first-order chi connectivity index (χ1) is 10.5. The van der Waals surface area contributed by atoms with Crippen molar-refractivity contribution in [2.45, 2.75) is 58.2 Å². The monoisotopic (exact) mass is 322 g/mol. The lowest BCUT2D eigenvalue weighted by atomic mass is 10.1. The first-order valence-electron chi connectivity index (χ1n) is 8.35. The van der Waals surface area contributed by atoms with Crippen LogP contribution in [0.25, 0.3) is 0 Å². The van der Waals surface area contributed by atoms with Crippen LogP contribution in [0.5, 0.6) is 0 Å². The highest BCUT2D eigenvalue weighted by atomic mass is 28.4. The van der Waals surface area contributed by atoms with Crippen molar-refractivity contribution in [2.24, 2.45) is 0 Å². The second-order valence-electron chi connectivity index (χ2n) is 6.58. The Morgan fingerprint density at radius 2 is 1.41 bits per heavy atom. The molecule has 0 saturated heterocycles. The SMILES string of the molecule is C[Si](C)(C)OCCCCCCCCOC(=O)c1ccccc1. The lowest BCUT2D eigenvalue weighted by molar-refractivity contribution is 0.0497. The van der Waals surface area contributed by atoms with E-state index in [2.05, 4.69) is 19.6 Å². The number of rotatable bonds is 11. The van der Waals surface area contributed by atoms with Crippen LogP contribution in [0, 0.1) is 0 Å². The third-order valence-electron chi connectivity index (χ3n) is 3.32. The predicted molar refractivity (Wildman–Crippen MR) is 93.7 cm³/mol. The molecule has 0 aliphatic heterocycles. The molecule has 4 heteroatoms. The van der Waals surface area contributed by atoms with E-state index in [0.29, 0.717) is 12.2 Å². The van der Waals surface area contributed by atoms with Gasteiger partial charge in [0.2, 0.25) is 0 Å². The Morgan fingerprint density at radius 1 is 0.864 bits per heavy atom. The van der Waals surface area contributed by atoms with Crippen LogP contribution < -0.4 is 0 Å². The normalized spacial score (nSPS) is 11.4. The van der Waals surface area contributed by atoms with E-state index in [4.69, 9.17) is 9.16 Å². The zero-order valence-electron chi connectivity index (χ0n) is 14.3. The largest absolute Gasteiger partial charge is 0.462 e. The summed E-state index contributed by atoms with van der Waals surface area (Å²) in [5.41, 5.74) is 0.630. The molecule has 0 aliphatic carbocycles. The average Bonchev–Trinajstić information content (AvgIpc) is 2.48. The van der Waals surface area contributed by atoms with Gasteiger partial charge in [-0.05, 0) is 44.6 Å². The van der Waals surface area contributed by atoms with Gasteiger partial charge in [0.1, 0.15) is 0 Å². The van der Waals surface area contributed by atoms with Gasteiger partial charge in [0.05, 0.1) is 12.2 Å². The van der Waals surface area contributed by atoms with E-state index in [0.717, 1.165) is 25.9 Å². The summed E-state index contributed by atoms with van der Waals surface area (Å²) >= 11 is 0. The molecule has 1 rings (SSSR count). The molecule has 0 bridgehead atoms. The molecular formula is C18H30O3Si. The Hall–Kier alpha value is -1.13. The van der Waals surface area contributed by atoms with E-state index in [1.165, 1.54) is 19.3 Å². The van der Waals surface area contributed by atoms with Crippen LogP contribution in [0.2, 0.25) is 19.6 Å². The van der Waals surface area contributed by atoms with Gasteiger partial charge in [-0.3, -0.25) is 0 Å². The summed E-state index contributed by atoms with van der Waals surface area (Å²) in [6, 6.07) is 9.16. The predicted octanol–water partition coefficient (Wildman–Crippen LogP) is 5.04. The van der Waals surface area contributed by atoms with Crippen LogP contribution in [0.1, 0.15) is 48.9 Å². The zero-order valence-corrected chi connectivity index (χ0v) is 15.3. The molecule has 124 valence electrons. The number of hydrogen-bond acceptors (Lipinski definition) is 3. The molecule has 0 unspecified atom stereocenters. The molecule has 0 spiro atoms. The van der Waals surface area contributed by atoms with Gasteiger partial charge in [-0.25, -0.2) is 4.79 Å². The van der Waals surface area contributed by atoms with Gasteiger partial charge in [-0.2, -0.15) is 0 Å². The van der Waals surface area contributed by atoms with E-state index >= 15 is 0 Å². The van der Waals surface area contributed by atoms with Gasteiger partial charge in [-0.1, -0.05) is 43.9 Å². The van der Waals surface area contributed by atoms with Gasteiger partial charge in [0.25, 0.3) is 0 Å². The second kappa shape index (κ2) is 10.6. The molecule has 0 aliphatic rings. The van der Waals surface area contributed by atoms with E-state index in [1.54, 1.807) is 12.1 Å². The number of unbranched alkanes of at least 4 members (excludes halogenated alkanes) is 5. The average molecular weight is 323 g/mol. The molecule has 0 N–H and O–H groups in total. The Labute approximate surface area is 136 Å². The summed E-state index contributed by atoms with van der Waals surface area (Å²) < 4.78 is 11.1. The highest BCUT2D eigenvalue weighted by Gasteiger charge is 2.12. The highest BCUT2D eigenvalue weighted by molar-refractivity contribution is 6.69. The first-order valence-corrected chi connectivity index (χ1v) is 11.8. The van der Waals surface area contributed by atoms with Crippen molar-refractivity contribution in [3.63, 3.8) is 0 Å². The van der Waals surface area contributed by atoms with Gasteiger partial charge in [0.15, 0.2) is 8.32 Å². The highest BCUT2D eigenvalue weighted by Crippen LogP contribution is 2.09. The molecule has 0 radical (unpaired) electrons. The lowest BCUT2D eigenvalue weighted by Gasteiger charge is -2.16. The molecule has 0 amide bonds. The van der Waals surface area contributed by atoms with E-state index in [1.807, 2.05) is 18.2 Å². The third-order valence-corrected chi connectivity index (χ3v) is 4.39. The second-order valence-corrected chi connectivity index (χ2v) is 11.1. The van der Waals surface area contributed by atoms with Crippen LogP contribution in [-0.4, -0.2) is 27.5 Å². The van der Waals surface area contributed by atoms with Crippen molar-refractivity contribution in [3.8, 4) is 0 Å². The number of carbonyl (C=O) groups is 1. The summed E-state index contributed by atoms with van der Waals surface area (Å²) in [7, 11) is -1.33. The van der Waals surface area contributed by atoms with Gasteiger partial charge >= 0.3 is 5.97 Å². The van der Waals surface area contributed by atoms with Crippen molar-refractivity contribution in [1.82, 2.24) is 0 Å². The molecular weight excluding hydrogens is 292 g/mol. The minimum absolute atomic E-state index is 0.218. The van der Waals surface area contributed by atoms with Crippen molar-refractivity contribution >= 4 is 14.3 Å². The standard InChI is InChI=1S/C18H30O3Si/c1-22(2,3)21-16-12-7-5-4-6-11-15-20-18(19)17-13-9-8-10-14-17/h8-10,13-14H,4-7,11-12,15-16H2,1-3H3. The minimum atomic E-state index is -1.33. The fourth-order valence-electron chi connectivity index (χ4n) is 2.11. The smallest absolute Gasteiger partial charge is 0.338 e. The first kappa shape index (κ1) is 18.9. The molecule has 1 aromatic carbocycles. The van der Waals surface area contributed by atoms with Crippen molar-refractivity contribution in [1.29, 1.82) is 0 Å². The van der Waals surface area contributed by atoms with Gasteiger partial charge in [0, 0.05) is 6.61 Å². The third kappa shape index (κ3) is 9.74. The minimum Gasteiger partial charge on any atom is -0.462 e. The van der Waals surface area contributed by atoms with Gasteiger partial charge in [-0.15, -0.1) is 0 Å². The summed E-state index contributed by atoms with van der Waals surface area (Å²) in [5, 5.41) is 0. The quantitative estimate of drug-likeness (QED) is 0.325. The van der Waals surface area contributed by atoms with E-state index in [-0.39, 0.29) is 5.97 Å². The Bertz CT molecular complexity index is 412. The van der Waals surface area contributed by atoms with E-state index in [9.17, 15) is 4.79 Å². The number of hydrogen-bond donors (Lipinski definition) is 0. The molecule has 0 aromatic heterocycles. The molecule has 3 nitrogen and oxygen atoms in total. The maximum absolute atomic E-state index is 11.7. The summed E-state index contributed by atoms with van der Waals surface area (Å²) in [6.07, 6.45) is 6.90.